The zero-order chi connectivity index (χ0) is 14.5. The molecule has 0 amide bonds. The summed E-state index contributed by atoms with van der Waals surface area (Å²) in [6, 6.07) is 0.644. The smallest absolute Gasteiger partial charge is 0.137 e. The largest absolute Gasteiger partial charge is 0.373 e. The number of nitrogens with one attached hydrogen (secondary N) is 1. The van der Waals surface area contributed by atoms with Gasteiger partial charge in [-0.25, -0.2) is 9.97 Å². The van der Waals surface area contributed by atoms with Crippen LogP contribution in [0.5, 0.6) is 0 Å². The SMILES string of the molecule is CCN(c1ncnc(NC)c1C(C)C)C1CCCCC1. The molecule has 0 spiro atoms. The third kappa shape index (κ3) is 3.05. The Morgan fingerprint density at radius 3 is 2.50 bits per heavy atom. The summed E-state index contributed by atoms with van der Waals surface area (Å²) in [5.74, 6) is 2.53. The molecule has 1 aromatic rings. The maximum absolute atomic E-state index is 4.63. The molecule has 1 aliphatic rings. The fraction of sp³-hybridized carbons (Fsp3) is 0.750. The van der Waals surface area contributed by atoms with Gasteiger partial charge in [0.2, 0.25) is 0 Å². The quantitative estimate of drug-likeness (QED) is 0.888. The Balaban J connectivity index is 2.37. The van der Waals surface area contributed by atoms with Gasteiger partial charge < -0.3 is 10.2 Å². The molecule has 20 heavy (non-hydrogen) atoms. The van der Waals surface area contributed by atoms with Crippen molar-refractivity contribution in [1.82, 2.24) is 9.97 Å². The second-order valence-corrected chi connectivity index (χ2v) is 5.94. The molecular formula is C16H28N4. The van der Waals surface area contributed by atoms with Gasteiger partial charge in [0.15, 0.2) is 0 Å². The lowest BCUT2D eigenvalue weighted by atomic mass is 9.93. The first-order chi connectivity index (χ1) is 9.69. The lowest BCUT2D eigenvalue weighted by Gasteiger charge is -2.36. The molecule has 0 radical (unpaired) electrons. The van der Waals surface area contributed by atoms with Gasteiger partial charge in [0, 0.05) is 25.2 Å². The van der Waals surface area contributed by atoms with Crippen LogP contribution in [0, 0.1) is 0 Å². The minimum absolute atomic E-state index is 0.422. The molecule has 1 fully saturated rings. The van der Waals surface area contributed by atoms with E-state index in [9.17, 15) is 0 Å². The Labute approximate surface area is 123 Å². The zero-order valence-electron chi connectivity index (χ0n) is 13.3. The topological polar surface area (TPSA) is 41.1 Å². The molecule has 2 rings (SSSR count). The van der Waals surface area contributed by atoms with E-state index in [4.69, 9.17) is 0 Å². The van der Waals surface area contributed by atoms with Crippen molar-refractivity contribution >= 4 is 11.6 Å². The lowest BCUT2D eigenvalue weighted by molar-refractivity contribution is 0.415. The molecule has 0 unspecified atom stereocenters. The molecule has 1 heterocycles. The first kappa shape index (κ1) is 15.1. The normalized spacial score (nSPS) is 16.4. The van der Waals surface area contributed by atoms with Crippen molar-refractivity contribution in [2.45, 2.75) is 64.8 Å². The minimum Gasteiger partial charge on any atom is -0.373 e. The number of hydrogen-bond acceptors (Lipinski definition) is 4. The van der Waals surface area contributed by atoms with Crippen molar-refractivity contribution in [2.24, 2.45) is 0 Å². The highest BCUT2D eigenvalue weighted by Gasteiger charge is 2.25. The van der Waals surface area contributed by atoms with Gasteiger partial charge in [-0.2, -0.15) is 0 Å². The summed E-state index contributed by atoms with van der Waals surface area (Å²) in [7, 11) is 1.94. The highest BCUT2D eigenvalue weighted by molar-refractivity contribution is 5.60. The molecular weight excluding hydrogens is 248 g/mol. The third-order valence-electron chi connectivity index (χ3n) is 4.31. The number of nitrogens with zero attached hydrogens (tertiary/aromatic N) is 3. The molecule has 1 aromatic heterocycles. The number of aromatic nitrogens is 2. The van der Waals surface area contributed by atoms with Crippen LogP contribution in [0.2, 0.25) is 0 Å². The van der Waals surface area contributed by atoms with E-state index in [2.05, 4.69) is 41.0 Å². The zero-order valence-corrected chi connectivity index (χ0v) is 13.3. The molecule has 4 heteroatoms. The summed E-state index contributed by atoms with van der Waals surface area (Å²) < 4.78 is 0. The average molecular weight is 276 g/mol. The summed E-state index contributed by atoms with van der Waals surface area (Å²) >= 11 is 0. The Bertz CT molecular complexity index is 424. The monoisotopic (exact) mass is 276 g/mol. The standard InChI is InChI=1S/C16H28N4/c1-5-20(13-9-7-6-8-10-13)16-14(12(2)3)15(17-4)18-11-19-16/h11-13H,5-10H2,1-4H3,(H,17,18,19). The molecule has 0 bridgehead atoms. The van der Waals surface area contributed by atoms with Gasteiger partial charge in [-0.3, -0.25) is 0 Å². The Morgan fingerprint density at radius 1 is 1.25 bits per heavy atom. The van der Waals surface area contributed by atoms with E-state index >= 15 is 0 Å². The van der Waals surface area contributed by atoms with Crippen LogP contribution in [0.25, 0.3) is 0 Å². The number of anilines is 2. The summed E-state index contributed by atoms with van der Waals surface area (Å²) in [4.78, 5) is 11.5. The Morgan fingerprint density at radius 2 is 1.95 bits per heavy atom. The summed E-state index contributed by atoms with van der Waals surface area (Å²) in [5, 5.41) is 3.22. The van der Waals surface area contributed by atoms with Gasteiger partial charge in [-0.05, 0) is 25.7 Å². The van der Waals surface area contributed by atoms with Gasteiger partial charge in [-0.15, -0.1) is 0 Å². The van der Waals surface area contributed by atoms with Crippen molar-refractivity contribution in [3.05, 3.63) is 11.9 Å². The van der Waals surface area contributed by atoms with Crippen LogP contribution in [0.4, 0.5) is 11.6 Å². The fourth-order valence-corrected chi connectivity index (χ4v) is 3.32. The molecule has 0 saturated heterocycles. The minimum atomic E-state index is 0.422. The van der Waals surface area contributed by atoms with Crippen molar-refractivity contribution in [2.75, 3.05) is 23.8 Å². The summed E-state index contributed by atoms with van der Waals surface area (Å²) in [6.07, 6.45) is 8.37. The molecule has 0 aliphatic heterocycles. The van der Waals surface area contributed by atoms with Crippen molar-refractivity contribution in [1.29, 1.82) is 0 Å². The van der Waals surface area contributed by atoms with Crippen LogP contribution >= 0.6 is 0 Å². The van der Waals surface area contributed by atoms with Crippen LogP contribution in [0.1, 0.15) is 64.4 Å². The van der Waals surface area contributed by atoms with Gasteiger partial charge in [0.25, 0.3) is 0 Å². The van der Waals surface area contributed by atoms with Crippen molar-refractivity contribution in [3.8, 4) is 0 Å². The molecule has 112 valence electrons. The van der Waals surface area contributed by atoms with E-state index in [1.165, 1.54) is 37.7 Å². The fourth-order valence-electron chi connectivity index (χ4n) is 3.32. The first-order valence-corrected chi connectivity index (χ1v) is 7.98. The van der Waals surface area contributed by atoms with Crippen LogP contribution in [0.15, 0.2) is 6.33 Å². The summed E-state index contributed by atoms with van der Waals surface area (Å²) in [5.41, 5.74) is 1.25. The van der Waals surface area contributed by atoms with E-state index in [0.717, 1.165) is 18.2 Å². The van der Waals surface area contributed by atoms with E-state index in [-0.39, 0.29) is 0 Å². The van der Waals surface area contributed by atoms with Gasteiger partial charge >= 0.3 is 0 Å². The van der Waals surface area contributed by atoms with Crippen LogP contribution < -0.4 is 10.2 Å². The maximum Gasteiger partial charge on any atom is 0.137 e. The number of rotatable bonds is 5. The predicted octanol–water partition coefficient (Wildman–Crippen LogP) is 3.80. The van der Waals surface area contributed by atoms with Gasteiger partial charge in [0.05, 0.1) is 0 Å². The molecule has 0 atom stereocenters. The molecule has 1 saturated carbocycles. The first-order valence-electron chi connectivity index (χ1n) is 7.98. The maximum atomic E-state index is 4.63. The van der Waals surface area contributed by atoms with E-state index in [1.54, 1.807) is 6.33 Å². The van der Waals surface area contributed by atoms with E-state index in [1.807, 2.05) is 7.05 Å². The van der Waals surface area contributed by atoms with Crippen LogP contribution in [-0.2, 0) is 0 Å². The molecule has 1 aliphatic carbocycles. The highest BCUT2D eigenvalue weighted by Crippen LogP contribution is 2.34. The van der Waals surface area contributed by atoms with Crippen LogP contribution in [0.3, 0.4) is 0 Å². The van der Waals surface area contributed by atoms with Gasteiger partial charge in [-0.1, -0.05) is 33.1 Å². The van der Waals surface area contributed by atoms with Gasteiger partial charge in [0.1, 0.15) is 18.0 Å². The predicted molar refractivity (Wildman–Crippen MR) is 85.6 cm³/mol. The number of hydrogen-bond donors (Lipinski definition) is 1. The second kappa shape index (κ2) is 6.91. The van der Waals surface area contributed by atoms with Crippen LogP contribution in [-0.4, -0.2) is 29.6 Å². The highest BCUT2D eigenvalue weighted by atomic mass is 15.2. The second-order valence-electron chi connectivity index (χ2n) is 5.94. The van der Waals surface area contributed by atoms with Crippen molar-refractivity contribution < 1.29 is 0 Å². The third-order valence-corrected chi connectivity index (χ3v) is 4.31. The molecule has 4 nitrogen and oxygen atoms in total. The average Bonchev–Trinajstić information content (AvgIpc) is 2.48. The molecule has 1 N–H and O–H groups in total. The van der Waals surface area contributed by atoms with Crippen molar-refractivity contribution in [3.63, 3.8) is 0 Å². The molecule has 0 aromatic carbocycles. The van der Waals surface area contributed by atoms with E-state index < -0.39 is 0 Å². The lowest BCUT2D eigenvalue weighted by Crippen LogP contribution is -2.38. The Hall–Kier alpha value is -1.32. The Kier molecular flexibility index (Phi) is 5.21. The summed E-state index contributed by atoms with van der Waals surface area (Å²) in [6.45, 7) is 7.69. The van der Waals surface area contributed by atoms with E-state index in [0.29, 0.717) is 12.0 Å².